The van der Waals surface area contributed by atoms with Crippen LogP contribution >= 0.6 is 0 Å². The Bertz CT molecular complexity index is 318. The van der Waals surface area contributed by atoms with Gasteiger partial charge in [0, 0.05) is 6.20 Å². The Morgan fingerprint density at radius 3 is 2.73 bits per heavy atom. The zero-order valence-corrected chi connectivity index (χ0v) is 9.53. The first-order chi connectivity index (χ1) is 7.31. The van der Waals surface area contributed by atoms with E-state index >= 15 is 0 Å². The summed E-state index contributed by atoms with van der Waals surface area (Å²) in [5.74, 6) is 1.62. The molecule has 1 aliphatic rings. The first-order valence-electron chi connectivity index (χ1n) is 5.78. The molecule has 0 amide bonds. The van der Waals surface area contributed by atoms with Gasteiger partial charge in [0.25, 0.3) is 0 Å². The molecule has 0 spiro atoms. The number of rotatable bonds is 3. The van der Waals surface area contributed by atoms with Gasteiger partial charge in [0.05, 0.1) is 11.7 Å². The van der Waals surface area contributed by atoms with Crippen LogP contribution in [0.25, 0.3) is 0 Å². The van der Waals surface area contributed by atoms with Crippen molar-refractivity contribution >= 4 is 0 Å². The van der Waals surface area contributed by atoms with Gasteiger partial charge in [-0.25, -0.2) is 9.97 Å². The molecule has 15 heavy (non-hydrogen) atoms. The molecular formula is C12H19N3. The lowest BCUT2D eigenvalue weighted by atomic mass is 9.95. The molecule has 1 atom stereocenters. The molecule has 82 valence electrons. The Morgan fingerprint density at radius 2 is 2.13 bits per heavy atom. The Balaban J connectivity index is 2.18. The molecule has 2 rings (SSSR count). The highest BCUT2D eigenvalue weighted by atomic mass is 15.0. The molecular weight excluding hydrogens is 186 g/mol. The Kier molecular flexibility index (Phi) is 3.31. The van der Waals surface area contributed by atoms with Gasteiger partial charge in [-0.3, -0.25) is 0 Å². The van der Waals surface area contributed by atoms with Gasteiger partial charge in [-0.05, 0) is 38.8 Å². The van der Waals surface area contributed by atoms with Crippen molar-refractivity contribution in [2.45, 2.75) is 38.6 Å². The van der Waals surface area contributed by atoms with Gasteiger partial charge in [-0.1, -0.05) is 12.8 Å². The third kappa shape index (κ3) is 2.34. The second-order valence-corrected chi connectivity index (χ2v) is 4.34. The van der Waals surface area contributed by atoms with Gasteiger partial charge in [0.15, 0.2) is 0 Å². The predicted molar refractivity (Wildman–Crippen MR) is 60.5 cm³/mol. The number of hydrogen-bond acceptors (Lipinski definition) is 3. The summed E-state index contributed by atoms with van der Waals surface area (Å²) < 4.78 is 0. The Labute approximate surface area is 91.3 Å². The van der Waals surface area contributed by atoms with E-state index in [0.29, 0.717) is 6.04 Å². The normalized spacial score (nSPS) is 19.3. The summed E-state index contributed by atoms with van der Waals surface area (Å²) in [5.41, 5.74) is 1.15. The van der Waals surface area contributed by atoms with Gasteiger partial charge in [-0.2, -0.15) is 0 Å². The first kappa shape index (κ1) is 10.6. The van der Waals surface area contributed by atoms with E-state index in [0.717, 1.165) is 17.4 Å². The fourth-order valence-electron chi connectivity index (χ4n) is 2.56. The molecule has 1 N–H and O–H groups in total. The second-order valence-electron chi connectivity index (χ2n) is 4.34. The number of hydrogen-bond donors (Lipinski definition) is 1. The fourth-order valence-corrected chi connectivity index (χ4v) is 2.56. The summed E-state index contributed by atoms with van der Waals surface area (Å²) in [6.45, 7) is 1.95. The van der Waals surface area contributed by atoms with Crippen LogP contribution in [0.2, 0.25) is 0 Å². The molecule has 1 aromatic heterocycles. The molecule has 1 unspecified atom stereocenters. The molecule has 3 heteroatoms. The molecule has 1 fully saturated rings. The number of aryl methyl sites for hydroxylation is 1. The summed E-state index contributed by atoms with van der Waals surface area (Å²) >= 11 is 0. The van der Waals surface area contributed by atoms with E-state index in [-0.39, 0.29) is 0 Å². The van der Waals surface area contributed by atoms with Crippen molar-refractivity contribution in [2.75, 3.05) is 7.05 Å². The standard InChI is InChI=1S/C12H19N3/c1-9-14-8-7-11(15-9)12(13-2)10-5-3-4-6-10/h7-8,10,12-13H,3-6H2,1-2H3. The molecule has 3 nitrogen and oxygen atoms in total. The van der Waals surface area contributed by atoms with E-state index in [2.05, 4.69) is 15.3 Å². The average Bonchev–Trinajstić information content (AvgIpc) is 2.72. The lowest BCUT2D eigenvalue weighted by Gasteiger charge is -2.22. The summed E-state index contributed by atoms with van der Waals surface area (Å²) in [5, 5.41) is 3.40. The van der Waals surface area contributed by atoms with Gasteiger partial charge in [-0.15, -0.1) is 0 Å². The summed E-state index contributed by atoms with van der Waals surface area (Å²) in [7, 11) is 2.03. The molecule has 1 saturated carbocycles. The van der Waals surface area contributed by atoms with Crippen LogP contribution in [0, 0.1) is 12.8 Å². The van der Waals surface area contributed by atoms with E-state index in [4.69, 9.17) is 0 Å². The molecule has 0 bridgehead atoms. The molecule has 0 saturated heterocycles. The van der Waals surface area contributed by atoms with Crippen LogP contribution in [0.5, 0.6) is 0 Å². The summed E-state index contributed by atoms with van der Waals surface area (Å²) in [6.07, 6.45) is 7.25. The second kappa shape index (κ2) is 4.71. The lowest BCUT2D eigenvalue weighted by Crippen LogP contribution is -2.24. The molecule has 0 aliphatic heterocycles. The van der Waals surface area contributed by atoms with Gasteiger partial charge >= 0.3 is 0 Å². The predicted octanol–water partition coefficient (Wildman–Crippen LogP) is 2.24. The van der Waals surface area contributed by atoms with Crippen molar-refractivity contribution in [3.63, 3.8) is 0 Å². The maximum absolute atomic E-state index is 4.52. The molecule has 1 aromatic rings. The van der Waals surface area contributed by atoms with Crippen molar-refractivity contribution in [1.29, 1.82) is 0 Å². The minimum absolute atomic E-state index is 0.411. The van der Waals surface area contributed by atoms with Crippen LogP contribution in [0.4, 0.5) is 0 Å². The summed E-state index contributed by atoms with van der Waals surface area (Å²) in [4.78, 5) is 8.66. The minimum Gasteiger partial charge on any atom is -0.311 e. The van der Waals surface area contributed by atoms with E-state index in [1.807, 2.05) is 26.2 Å². The Hall–Kier alpha value is -0.960. The quantitative estimate of drug-likeness (QED) is 0.822. The largest absolute Gasteiger partial charge is 0.311 e. The Morgan fingerprint density at radius 1 is 1.40 bits per heavy atom. The van der Waals surface area contributed by atoms with Gasteiger partial charge < -0.3 is 5.32 Å². The van der Waals surface area contributed by atoms with Gasteiger partial charge in [0.2, 0.25) is 0 Å². The third-order valence-corrected chi connectivity index (χ3v) is 3.30. The topological polar surface area (TPSA) is 37.8 Å². The van der Waals surface area contributed by atoms with Crippen LogP contribution in [0.3, 0.4) is 0 Å². The molecule has 1 heterocycles. The van der Waals surface area contributed by atoms with Crippen LogP contribution in [-0.2, 0) is 0 Å². The lowest BCUT2D eigenvalue weighted by molar-refractivity contribution is 0.382. The van der Waals surface area contributed by atoms with Crippen molar-refractivity contribution in [3.05, 3.63) is 23.8 Å². The van der Waals surface area contributed by atoms with Crippen LogP contribution in [0.15, 0.2) is 12.3 Å². The third-order valence-electron chi connectivity index (χ3n) is 3.30. The van der Waals surface area contributed by atoms with E-state index in [1.165, 1.54) is 25.7 Å². The molecule has 1 aliphatic carbocycles. The molecule has 0 radical (unpaired) electrons. The van der Waals surface area contributed by atoms with Gasteiger partial charge in [0.1, 0.15) is 5.82 Å². The smallest absolute Gasteiger partial charge is 0.125 e. The first-order valence-corrected chi connectivity index (χ1v) is 5.78. The number of aromatic nitrogens is 2. The summed E-state index contributed by atoms with van der Waals surface area (Å²) in [6, 6.07) is 2.45. The highest BCUT2D eigenvalue weighted by molar-refractivity contribution is 5.09. The zero-order chi connectivity index (χ0) is 10.7. The van der Waals surface area contributed by atoms with E-state index < -0.39 is 0 Å². The van der Waals surface area contributed by atoms with Crippen LogP contribution < -0.4 is 5.32 Å². The van der Waals surface area contributed by atoms with Crippen molar-refractivity contribution in [1.82, 2.24) is 15.3 Å². The maximum Gasteiger partial charge on any atom is 0.125 e. The number of nitrogens with one attached hydrogen (secondary N) is 1. The minimum atomic E-state index is 0.411. The van der Waals surface area contributed by atoms with Crippen LogP contribution in [-0.4, -0.2) is 17.0 Å². The van der Waals surface area contributed by atoms with Crippen molar-refractivity contribution < 1.29 is 0 Å². The van der Waals surface area contributed by atoms with E-state index in [1.54, 1.807) is 0 Å². The monoisotopic (exact) mass is 205 g/mol. The highest BCUT2D eigenvalue weighted by Crippen LogP contribution is 2.34. The van der Waals surface area contributed by atoms with Crippen molar-refractivity contribution in [3.8, 4) is 0 Å². The van der Waals surface area contributed by atoms with Crippen molar-refractivity contribution in [2.24, 2.45) is 5.92 Å². The fraction of sp³-hybridized carbons (Fsp3) is 0.667. The maximum atomic E-state index is 4.52. The van der Waals surface area contributed by atoms with E-state index in [9.17, 15) is 0 Å². The SMILES string of the molecule is CNC(c1ccnc(C)n1)C1CCCC1. The average molecular weight is 205 g/mol. The highest BCUT2D eigenvalue weighted by Gasteiger charge is 2.25. The van der Waals surface area contributed by atoms with Crippen LogP contribution in [0.1, 0.15) is 43.2 Å². The molecule has 0 aromatic carbocycles. The number of nitrogens with zero attached hydrogens (tertiary/aromatic N) is 2. The zero-order valence-electron chi connectivity index (χ0n) is 9.53.